The highest BCUT2D eigenvalue weighted by Crippen LogP contribution is 2.26. The molecule has 0 saturated heterocycles. The predicted octanol–water partition coefficient (Wildman–Crippen LogP) is 6.46. The van der Waals surface area contributed by atoms with Gasteiger partial charge in [0.2, 0.25) is 0 Å². The van der Waals surface area contributed by atoms with Crippen LogP contribution in [-0.4, -0.2) is 67.4 Å². The lowest BCUT2D eigenvalue weighted by Crippen LogP contribution is -2.13. The molecule has 0 saturated carbocycles. The van der Waals surface area contributed by atoms with Gasteiger partial charge in [0, 0.05) is 12.5 Å². The van der Waals surface area contributed by atoms with Gasteiger partial charge in [0.1, 0.15) is 23.0 Å². The summed E-state index contributed by atoms with van der Waals surface area (Å²) in [6.45, 7) is 8.90. The zero-order valence-corrected chi connectivity index (χ0v) is 27.8. The van der Waals surface area contributed by atoms with Gasteiger partial charge in [0.05, 0.1) is 37.0 Å². The van der Waals surface area contributed by atoms with Gasteiger partial charge in [-0.1, -0.05) is 13.2 Å². The molecule has 0 fully saturated rings. The first-order chi connectivity index (χ1) is 24.6. The molecule has 0 amide bonds. The van der Waals surface area contributed by atoms with Gasteiger partial charge in [-0.05, 0) is 98.5 Å². The Labute approximate surface area is 293 Å². The molecule has 0 spiro atoms. The normalized spacial score (nSPS) is 10.1. The number of rotatable bonds is 18. The Morgan fingerprint density at radius 1 is 0.569 bits per heavy atom. The number of hydrogen-bond acceptors (Lipinski definition) is 13. The quantitative estimate of drug-likeness (QED) is 0.0268. The summed E-state index contributed by atoms with van der Waals surface area (Å²) in [5.74, 6) is -1.40. The monoisotopic (exact) mass is 705 g/mol. The second-order valence-electron chi connectivity index (χ2n) is 10.3. The molecule has 3 aromatic rings. The maximum absolute atomic E-state index is 12.7. The van der Waals surface area contributed by atoms with Crippen LogP contribution in [0, 0.1) is 6.92 Å². The van der Waals surface area contributed by atoms with Crippen LogP contribution in [0.2, 0.25) is 0 Å². The second-order valence-corrected chi connectivity index (χ2v) is 10.3. The lowest BCUT2D eigenvalue weighted by atomic mass is 10.2. The van der Waals surface area contributed by atoms with Crippen LogP contribution in [-0.2, 0) is 23.7 Å². The number of aryl methyl sites for hydroxylation is 1. The first-order valence-corrected chi connectivity index (χ1v) is 15.6. The molecule has 1 N–H and O–H groups in total. The fourth-order valence-electron chi connectivity index (χ4n) is 3.88. The van der Waals surface area contributed by atoms with Gasteiger partial charge >= 0.3 is 36.2 Å². The van der Waals surface area contributed by atoms with Gasteiger partial charge < -0.3 is 42.7 Å². The molecule has 0 aromatic heterocycles. The Hall–Kier alpha value is -6.44. The summed E-state index contributed by atoms with van der Waals surface area (Å²) in [7, 11) is 0. The zero-order valence-electron chi connectivity index (χ0n) is 27.8. The summed E-state index contributed by atoms with van der Waals surface area (Å²) >= 11 is 0. The summed E-state index contributed by atoms with van der Waals surface area (Å²) in [4.78, 5) is 69.3. The third kappa shape index (κ3) is 14.3. The third-order valence-corrected chi connectivity index (χ3v) is 6.49. The fraction of sp³-hybridized carbons (Fsp3) is 0.243. The van der Waals surface area contributed by atoms with Crippen molar-refractivity contribution in [3.63, 3.8) is 0 Å². The van der Waals surface area contributed by atoms with Gasteiger partial charge in [-0.2, -0.15) is 0 Å². The second kappa shape index (κ2) is 20.8. The summed E-state index contributed by atoms with van der Waals surface area (Å²) in [5, 5.41) is 0. The van der Waals surface area contributed by atoms with Gasteiger partial charge in [-0.25, -0.2) is 24.0 Å². The largest absolute Gasteiger partial charge is 0.513 e. The maximum atomic E-state index is 12.7. The fourth-order valence-corrected chi connectivity index (χ4v) is 3.88. The predicted molar refractivity (Wildman–Crippen MR) is 181 cm³/mol. The third-order valence-electron chi connectivity index (χ3n) is 6.49. The molecule has 51 heavy (non-hydrogen) atoms. The highest BCUT2D eigenvalue weighted by Gasteiger charge is 2.15. The van der Waals surface area contributed by atoms with E-state index >= 15 is 0 Å². The first kappa shape index (κ1) is 39.0. The lowest BCUT2D eigenvalue weighted by molar-refractivity contribution is -0.137. The number of carbonyl (C=O) groups excluding carboxylic acids is 6. The van der Waals surface area contributed by atoms with Crippen molar-refractivity contribution in [2.24, 2.45) is 0 Å². The van der Waals surface area contributed by atoms with E-state index in [1.165, 1.54) is 72.8 Å². The highest BCUT2D eigenvalue weighted by molar-refractivity contribution is 5.92. The maximum Gasteiger partial charge on any atom is 0.513 e. The molecule has 14 nitrogen and oxygen atoms in total. The van der Waals surface area contributed by atoms with E-state index in [9.17, 15) is 24.0 Å². The topological polar surface area (TPSA) is 181 Å². The van der Waals surface area contributed by atoms with Gasteiger partial charge in [-0.15, -0.1) is 0 Å². The van der Waals surface area contributed by atoms with E-state index in [0.717, 1.165) is 6.08 Å². The van der Waals surface area contributed by atoms with Gasteiger partial charge in [0.25, 0.3) is 0 Å². The Balaban J connectivity index is 1.40. The Bertz CT molecular complexity index is 1690. The number of carbonyl (C=O) groups is 5. The van der Waals surface area contributed by atoms with Crippen molar-refractivity contribution in [3.8, 4) is 23.0 Å². The van der Waals surface area contributed by atoms with Gasteiger partial charge in [0.15, 0.2) is 6.61 Å². The van der Waals surface area contributed by atoms with Gasteiger partial charge in [-0.3, -0.25) is 0 Å². The van der Waals surface area contributed by atoms with E-state index in [-0.39, 0.29) is 66.5 Å². The van der Waals surface area contributed by atoms with Crippen molar-refractivity contribution in [3.05, 3.63) is 109 Å². The van der Waals surface area contributed by atoms with Crippen molar-refractivity contribution in [1.82, 2.24) is 0 Å². The molecule has 3 aromatic carbocycles. The van der Waals surface area contributed by atoms with Crippen LogP contribution in [0.4, 0.5) is 9.59 Å². The van der Waals surface area contributed by atoms with E-state index in [1.54, 1.807) is 6.92 Å². The molecule has 0 aliphatic carbocycles. The Morgan fingerprint density at radius 3 is 1.49 bits per heavy atom. The van der Waals surface area contributed by atoms with Crippen molar-refractivity contribution in [2.45, 2.75) is 32.6 Å². The molecule has 0 heterocycles. The molecule has 0 radical (unpaired) electrons. The summed E-state index contributed by atoms with van der Waals surface area (Å²) in [6.07, 6.45) is 2.37. The average molecular weight is 706 g/mol. The van der Waals surface area contributed by atoms with Crippen molar-refractivity contribution in [1.29, 1.82) is 0 Å². The summed E-state index contributed by atoms with van der Waals surface area (Å²) < 4.78 is 40.8. The minimum Gasteiger partial charge on any atom is -0.463 e. The smallest absolute Gasteiger partial charge is 0.463 e. The Morgan fingerprint density at radius 2 is 1.02 bits per heavy atom. The lowest BCUT2D eigenvalue weighted by Gasteiger charge is -2.11. The van der Waals surface area contributed by atoms with Crippen molar-refractivity contribution < 1.29 is 66.7 Å². The molecule has 0 aliphatic rings. The number of benzene rings is 3. The zero-order chi connectivity index (χ0) is 37.0. The van der Waals surface area contributed by atoms with Crippen LogP contribution in [0.25, 0.3) is 0 Å². The number of esters is 4. The van der Waals surface area contributed by atoms with Crippen LogP contribution >= 0.6 is 0 Å². The molecule has 0 bridgehead atoms. The van der Waals surface area contributed by atoms with E-state index in [0.29, 0.717) is 31.2 Å². The van der Waals surface area contributed by atoms with Crippen LogP contribution in [0.3, 0.4) is 0 Å². The van der Waals surface area contributed by atoms with E-state index < -0.39 is 30.2 Å². The van der Waals surface area contributed by atoms with E-state index in [1.807, 2.05) is 0 Å². The molecule has 0 aliphatic heterocycles. The van der Waals surface area contributed by atoms with Crippen LogP contribution < -0.4 is 18.9 Å². The van der Waals surface area contributed by atoms with Crippen molar-refractivity contribution >= 4 is 36.2 Å². The standard InChI is InChI=1S/C37H36O14/c1-4-32(38)44-20-6-8-22-46-36(42)49-28-14-10-26(11-15-28)34(40)48-30-18-19-31(25(3)24-30)51-35(41)27-12-16-29(17-13-27)50-37(43)47-23-9-7-21-45-33(39)5-2/h4-5,10-19,24H,1-2,6-9,20-23H2,3H3/p+1. The summed E-state index contributed by atoms with van der Waals surface area (Å²) in [6, 6.07) is 15.8. The summed E-state index contributed by atoms with van der Waals surface area (Å²) in [5.41, 5.74) is 0.887. The SMILES string of the molecule is C=CC(=O)OCCCCOC(=O)Oc1ccc(C(=O)Oc2ccc(OC(=O)c3ccc(OC(=O)OCCCCOC(=[OH+])C=C)cc3)c(C)c2)cc1. The number of unbranched alkanes of at least 4 members (excludes halogenated alkanes) is 2. The van der Waals surface area contributed by atoms with Crippen LogP contribution in [0.5, 0.6) is 23.0 Å². The first-order valence-electron chi connectivity index (χ1n) is 15.6. The molecular weight excluding hydrogens is 668 g/mol. The molecule has 14 heteroatoms. The molecule has 3 rings (SSSR count). The van der Waals surface area contributed by atoms with E-state index in [4.69, 9.17) is 42.7 Å². The van der Waals surface area contributed by atoms with Crippen LogP contribution in [0.15, 0.2) is 92.0 Å². The highest BCUT2D eigenvalue weighted by atomic mass is 16.7. The minimum absolute atomic E-state index is 0.0677. The molecular formula is C37H37O14+. The van der Waals surface area contributed by atoms with Crippen molar-refractivity contribution in [2.75, 3.05) is 26.4 Å². The minimum atomic E-state index is -0.926. The molecule has 0 atom stereocenters. The van der Waals surface area contributed by atoms with E-state index in [2.05, 4.69) is 13.2 Å². The number of hydrogen-bond donors (Lipinski definition) is 0. The number of ether oxygens (including phenoxy) is 8. The molecule has 268 valence electrons. The Kier molecular flexibility index (Phi) is 15.9. The average Bonchev–Trinajstić information content (AvgIpc) is 3.12. The van der Waals surface area contributed by atoms with Crippen LogP contribution in [0.1, 0.15) is 52.0 Å². The molecule has 0 unspecified atom stereocenters.